The van der Waals surface area contributed by atoms with E-state index in [0.717, 1.165) is 36.5 Å². The lowest BCUT2D eigenvalue weighted by molar-refractivity contribution is -0.137. The number of benzene rings is 1. The van der Waals surface area contributed by atoms with Gasteiger partial charge in [-0.05, 0) is 43.3 Å². The lowest BCUT2D eigenvalue weighted by Crippen LogP contribution is -2.44. The van der Waals surface area contributed by atoms with Crippen LogP contribution in [0.4, 0.5) is 17.6 Å². The van der Waals surface area contributed by atoms with Gasteiger partial charge in [-0.25, -0.2) is 12.8 Å². The summed E-state index contributed by atoms with van der Waals surface area (Å²) < 4.78 is 84.3. The molecule has 0 aliphatic carbocycles. The van der Waals surface area contributed by atoms with Gasteiger partial charge in [-0.1, -0.05) is 0 Å². The van der Waals surface area contributed by atoms with E-state index >= 15 is 0 Å². The molecule has 0 saturated heterocycles. The Hall–Kier alpha value is -4.04. The standard InChI is InChI=1S/C23H18F4N4O5S/c1-12(31-37(34,35)21-7-13-6-15(24)3-5-20(13)36-21)22(33)30-10-16-8-17(19(32)11-28-16)18-4-2-14(9-29-18)23(25,26)27/h2-9,11-12,31-32H,10H2,1H3,(H,30,33)/t12-/m0/s1. The number of amides is 1. The van der Waals surface area contributed by atoms with Crippen LogP contribution in [0.1, 0.15) is 18.2 Å². The number of sulfonamides is 1. The number of nitrogens with one attached hydrogen (secondary N) is 2. The first kappa shape index (κ1) is 26.0. The molecule has 37 heavy (non-hydrogen) atoms. The second kappa shape index (κ2) is 9.78. The maximum Gasteiger partial charge on any atom is 0.417 e. The van der Waals surface area contributed by atoms with Gasteiger partial charge < -0.3 is 14.8 Å². The van der Waals surface area contributed by atoms with Gasteiger partial charge >= 0.3 is 6.18 Å². The highest BCUT2D eigenvalue weighted by Crippen LogP contribution is 2.32. The summed E-state index contributed by atoms with van der Waals surface area (Å²) in [5.74, 6) is -1.64. The summed E-state index contributed by atoms with van der Waals surface area (Å²) in [6.07, 6.45) is -2.89. The highest BCUT2D eigenvalue weighted by Gasteiger charge is 2.31. The van der Waals surface area contributed by atoms with Crippen LogP contribution in [0.25, 0.3) is 22.2 Å². The lowest BCUT2D eigenvalue weighted by Gasteiger charge is -2.14. The molecule has 3 N–H and O–H groups in total. The van der Waals surface area contributed by atoms with E-state index in [1.807, 2.05) is 0 Å². The Morgan fingerprint density at radius 3 is 2.54 bits per heavy atom. The summed E-state index contributed by atoms with van der Waals surface area (Å²) >= 11 is 0. The molecule has 9 nitrogen and oxygen atoms in total. The third kappa shape index (κ3) is 5.86. The van der Waals surface area contributed by atoms with Crippen molar-refractivity contribution in [3.05, 3.63) is 71.9 Å². The Morgan fingerprint density at radius 2 is 1.86 bits per heavy atom. The summed E-state index contributed by atoms with van der Waals surface area (Å²) in [4.78, 5) is 20.2. The van der Waals surface area contributed by atoms with Crippen LogP contribution in [-0.4, -0.2) is 35.4 Å². The van der Waals surface area contributed by atoms with Gasteiger partial charge in [-0.2, -0.15) is 17.9 Å². The number of fused-ring (bicyclic) bond motifs is 1. The second-order valence-electron chi connectivity index (χ2n) is 7.93. The summed E-state index contributed by atoms with van der Waals surface area (Å²) in [6, 6.07) is 6.60. The molecule has 14 heteroatoms. The zero-order chi connectivity index (χ0) is 27.0. The molecule has 1 atom stereocenters. The molecule has 0 radical (unpaired) electrons. The largest absolute Gasteiger partial charge is 0.506 e. The van der Waals surface area contributed by atoms with Crippen molar-refractivity contribution in [1.29, 1.82) is 0 Å². The van der Waals surface area contributed by atoms with Gasteiger partial charge in [0, 0.05) is 23.2 Å². The van der Waals surface area contributed by atoms with Crippen LogP contribution in [0.5, 0.6) is 5.75 Å². The summed E-state index contributed by atoms with van der Waals surface area (Å²) in [5.41, 5.74) is -0.452. The van der Waals surface area contributed by atoms with Gasteiger partial charge in [0.15, 0.2) is 0 Å². The van der Waals surface area contributed by atoms with Crippen molar-refractivity contribution < 1.29 is 40.3 Å². The van der Waals surface area contributed by atoms with Crippen LogP contribution in [0.15, 0.2) is 64.4 Å². The number of furan rings is 1. The lowest BCUT2D eigenvalue weighted by atomic mass is 10.1. The monoisotopic (exact) mass is 538 g/mol. The minimum absolute atomic E-state index is 0.0484. The number of aromatic nitrogens is 2. The predicted molar refractivity (Wildman–Crippen MR) is 122 cm³/mol. The summed E-state index contributed by atoms with van der Waals surface area (Å²) in [6.45, 7) is 1.10. The van der Waals surface area contributed by atoms with E-state index in [9.17, 15) is 35.9 Å². The number of carbonyl (C=O) groups excluding carboxylic acids is 1. The maximum atomic E-state index is 13.4. The number of alkyl halides is 3. The van der Waals surface area contributed by atoms with Crippen LogP contribution >= 0.6 is 0 Å². The van der Waals surface area contributed by atoms with Crippen molar-refractivity contribution in [3.8, 4) is 17.0 Å². The van der Waals surface area contributed by atoms with Gasteiger partial charge in [0.05, 0.1) is 35.7 Å². The molecule has 1 amide bonds. The molecular formula is C23H18F4N4O5S. The SMILES string of the molecule is C[C@H](NS(=O)(=O)c1cc2cc(F)ccc2o1)C(=O)NCc1cc(-c2ccc(C(F)(F)F)cn2)c(O)cn1. The first-order valence-corrected chi connectivity index (χ1v) is 12.0. The Labute approximate surface area is 207 Å². The molecule has 3 heterocycles. The van der Waals surface area contributed by atoms with E-state index in [0.29, 0.717) is 6.20 Å². The minimum Gasteiger partial charge on any atom is -0.506 e. The summed E-state index contributed by atoms with van der Waals surface area (Å²) in [7, 11) is -4.26. The first-order chi connectivity index (χ1) is 17.3. The average Bonchev–Trinajstić information content (AvgIpc) is 3.27. The smallest absolute Gasteiger partial charge is 0.417 e. The van der Waals surface area contributed by atoms with Crippen LogP contribution in [0, 0.1) is 5.82 Å². The Morgan fingerprint density at radius 1 is 1.11 bits per heavy atom. The van der Waals surface area contributed by atoms with Gasteiger partial charge in [-0.15, -0.1) is 0 Å². The second-order valence-corrected chi connectivity index (χ2v) is 9.58. The van der Waals surface area contributed by atoms with Crippen molar-refractivity contribution in [2.75, 3.05) is 0 Å². The van der Waals surface area contributed by atoms with Gasteiger partial charge in [0.25, 0.3) is 10.0 Å². The number of carbonyl (C=O) groups is 1. The topological polar surface area (TPSA) is 134 Å². The van der Waals surface area contributed by atoms with Crippen LogP contribution in [0.3, 0.4) is 0 Å². The number of aromatic hydroxyl groups is 1. The number of nitrogens with zero attached hydrogens (tertiary/aromatic N) is 2. The fraction of sp³-hybridized carbons (Fsp3) is 0.174. The zero-order valence-electron chi connectivity index (χ0n) is 18.9. The molecule has 0 bridgehead atoms. The van der Waals surface area contributed by atoms with E-state index in [2.05, 4.69) is 20.0 Å². The maximum absolute atomic E-state index is 13.4. The summed E-state index contributed by atoms with van der Waals surface area (Å²) in [5, 5.41) is 12.3. The molecule has 3 aromatic heterocycles. The quantitative estimate of drug-likeness (QED) is 0.305. The molecule has 4 rings (SSSR count). The molecule has 0 unspecified atom stereocenters. The first-order valence-electron chi connectivity index (χ1n) is 10.5. The van der Waals surface area contributed by atoms with Crippen LogP contribution in [0.2, 0.25) is 0 Å². The molecule has 0 aliphatic heterocycles. The molecule has 0 aliphatic rings. The van der Waals surface area contributed by atoms with Gasteiger partial charge in [0.1, 0.15) is 17.1 Å². The van der Waals surface area contributed by atoms with Crippen molar-refractivity contribution in [2.24, 2.45) is 0 Å². The van der Waals surface area contributed by atoms with Gasteiger partial charge in [-0.3, -0.25) is 14.8 Å². The molecule has 4 aromatic rings. The highest BCUT2D eigenvalue weighted by atomic mass is 32.2. The number of pyridine rings is 2. The fourth-order valence-corrected chi connectivity index (χ4v) is 4.48. The Balaban J connectivity index is 1.42. The van der Waals surface area contributed by atoms with Crippen molar-refractivity contribution in [3.63, 3.8) is 0 Å². The van der Waals surface area contributed by atoms with E-state index in [-0.39, 0.29) is 40.2 Å². The van der Waals surface area contributed by atoms with E-state index < -0.39 is 44.6 Å². The normalized spacial score (nSPS) is 13.0. The molecule has 194 valence electrons. The van der Waals surface area contributed by atoms with Crippen molar-refractivity contribution >= 4 is 26.9 Å². The number of halogens is 4. The molecule has 0 fully saturated rings. The van der Waals surface area contributed by atoms with E-state index in [1.54, 1.807) is 0 Å². The number of hydrogen-bond donors (Lipinski definition) is 3. The van der Waals surface area contributed by atoms with Crippen molar-refractivity contribution in [1.82, 2.24) is 20.0 Å². The average molecular weight is 538 g/mol. The highest BCUT2D eigenvalue weighted by molar-refractivity contribution is 7.89. The van der Waals surface area contributed by atoms with E-state index in [1.165, 1.54) is 19.1 Å². The number of hydrogen-bond acceptors (Lipinski definition) is 7. The molecule has 1 aromatic carbocycles. The zero-order valence-corrected chi connectivity index (χ0v) is 19.7. The number of rotatable bonds is 7. The molecule has 0 saturated carbocycles. The van der Waals surface area contributed by atoms with Gasteiger partial charge in [0.2, 0.25) is 11.0 Å². The van der Waals surface area contributed by atoms with Crippen LogP contribution in [-0.2, 0) is 27.5 Å². The molecular weight excluding hydrogens is 520 g/mol. The fourth-order valence-electron chi connectivity index (χ4n) is 3.31. The Kier molecular flexibility index (Phi) is 6.88. The van der Waals surface area contributed by atoms with Crippen molar-refractivity contribution in [2.45, 2.75) is 30.8 Å². The van der Waals surface area contributed by atoms with Crippen LogP contribution < -0.4 is 10.0 Å². The predicted octanol–water partition coefficient (Wildman–Crippen LogP) is 3.74. The van der Waals surface area contributed by atoms with E-state index in [4.69, 9.17) is 4.42 Å². The Bertz CT molecular complexity index is 1570. The molecule has 0 spiro atoms. The minimum atomic E-state index is -4.57. The third-order valence-corrected chi connectivity index (χ3v) is 6.59. The third-order valence-electron chi connectivity index (χ3n) is 5.20.